The number of aromatic nitrogens is 1. The van der Waals surface area contributed by atoms with Gasteiger partial charge in [-0.3, -0.25) is 4.79 Å². The first-order chi connectivity index (χ1) is 11.4. The zero-order valence-electron chi connectivity index (χ0n) is 13.8. The van der Waals surface area contributed by atoms with Crippen molar-refractivity contribution in [3.63, 3.8) is 0 Å². The number of anilines is 1. The number of nitrogens with zero attached hydrogens (tertiary/aromatic N) is 1. The van der Waals surface area contributed by atoms with Crippen LogP contribution in [0.5, 0.6) is 0 Å². The molecule has 1 amide bonds. The van der Waals surface area contributed by atoms with Crippen LogP contribution in [-0.2, 0) is 0 Å². The van der Waals surface area contributed by atoms with Gasteiger partial charge in [0.05, 0.1) is 16.6 Å². The normalized spacial score (nSPS) is 12.1. The molecular weight excluding hydrogens is 336 g/mol. The minimum absolute atomic E-state index is 0.00229. The average molecular weight is 358 g/mol. The molecule has 0 radical (unpaired) electrons. The highest BCUT2D eigenvalue weighted by Gasteiger charge is 2.21. The lowest BCUT2D eigenvalue weighted by Gasteiger charge is -2.22. The van der Waals surface area contributed by atoms with E-state index in [-0.39, 0.29) is 35.3 Å². The third-order valence-corrected chi connectivity index (χ3v) is 3.95. The molecule has 1 rings (SSSR count). The Morgan fingerprint density at radius 3 is 2.62 bits per heavy atom. The van der Waals surface area contributed by atoms with Crippen LogP contribution in [0, 0.1) is 18.3 Å². The van der Waals surface area contributed by atoms with Crippen LogP contribution in [0.15, 0.2) is 12.3 Å². The van der Waals surface area contributed by atoms with Crippen molar-refractivity contribution < 1.29 is 13.6 Å². The number of carbonyl (C=O) groups is 1. The maximum absolute atomic E-state index is 12.5. The number of nitrogens with one attached hydrogen (secondary N) is 2. The van der Waals surface area contributed by atoms with Gasteiger partial charge in [-0.2, -0.15) is 0 Å². The van der Waals surface area contributed by atoms with E-state index < -0.39 is 18.4 Å². The van der Waals surface area contributed by atoms with Crippen molar-refractivity contribution in [1.82, 2.24) is 10.3 Å². The predicted molar refractivity (Wildman–Crippen MR) is 92.5 cm³/mol. The second-order valence-corrected chi connectivity index (χ2v) is 5.79. The Morgan fingerprint density at radius 1 is 1.42 bits per heavy atom. The standard InChI is InChI=1S/C17H22ClF2N3O/c1-4-11(5-2)14(6-3)23-17(24)13-9-12(18)10-22-16(13)21-8-7-15(19)20/h3,9-11,14-15H,4-5,7-8H2,1-2H3,(H,21,22)(H,23,24). The highest BCUT2D eigenvalue weighted by molar-refractivity contribution is 6.31. The van der Waals surface area contributed by atoms with E-state index in [0.29, 0.717) is 0 Å². The highest BCUT2D eigenvalue weighted by atomic mass is 35.5. The van der Waals surface area contributed by atoms with Gasteiger partial charge in [0.2, 0.25) is 6.43 Å². The van der Waals surface area contributed by atoms with E-state index in [4.69, 9.17) is 18.0 Å². The van der Waals surface area contributed by atoms with Crippen molar-refractivity contribution in [2.45, 2.75) is 45.6 Å². The second kappa shape index (κ2) is 10.1. The number of carbonyl (C=O) groups excluding carboxylic acids is 1. The van der Waals surface area contributed by atoms with Gasteiger partial charge in [0.15, 0.2) is 0 Å². The molecule has 0 spiro atoms. The fourth-order valence-electron chi connectivity index (χ4n) is 2.33. The Kier molecular flexibility index (Phi) is 8.48. The molecular formula is C17H22ClF2N3O. The Morgan fingerprint density at radius 2 is 2.08 bits per heavy atom. The molecule has 1 aromatic heterocycles. The van der Waals surface area contributed by atoms with Crippen LogP contribution in [0.3, 0.4) is 0 Å². The van der Waals surface area contributed by atoms with Gasteiger partial charge < -0.3 is 10.6 Å². The maximum Gasteiger partial charge on any atom is 0.256 e. The molecule has 132 valence electrons. The summed E-state index contributed by atoms with van der Waals surface area (Å²) in [6, 6.07) is 1.02. The summed E-state index contributed by atoms with van der Waals surface area (Å²) < 4.78 is 24.5. The number of amides is 1. The van der Waals surface area contributed by atoms with Gasteiger partial charge in [-0.05, 0) is 12.0 Å². The fourth-order valence-corrected chi connectivity index (χ4v) is 2.49. The van der Waals surface area contributed by atoms with Crippen molar-refractivity contribution in [2.75, 3.05) is 11.9 Å². The number of halogens is 3. The van der Waals surface area contributed by atoms with Crippen molar-refractivity contribution >= 4 is 23.3 Å². The second-order valence-electron chi connectivity index (χ2n) is 5.35. The lowest BCUT2D eigenvalue weighted by molar-refractivity contribution is 0.0934. The molecule has 0 bridgehead atoms. The van der Waals surface area contributed by atoms with Gasteiger partial charge in [0.1, 0.15) is 5.82 Å². The van der Waals surface area contributed by atoms with Gasteiger partial charge >= 0.3 is 0 Å². The van der Waals surface area contributed by atoms with Gasteiger partial charge in [0.25, 0.3) is 5.91 Å². The first-order valence-electron chi connectivity index (χ1n) is 7.87. The van der Waals surface area contributed by atoms with Crippen LogP contribution in [0.4, 0.5) is 14.6 Å². The average Bonchev–Trinajstić information content (AvgIpc) is 2.55. The molecule has 0 saturated heterocycles. The molecule has 24 heavy (non-hydrogen) atoms. The number of alkyl halides is 2. The van der Waals surface area contributed by atoms with Crippen molar-refractivity contribution in [3.8, 4) is 12.3 Å². The Labute approximate surface area is 146 Å². The maximum atomic E-state index is 12.5. The van der Waals surface area contributed by atoms with Crippen LogP contribution in [0.1, 0.15) is 43.5 Å². The molecule has 0 saturated carbocycles. The smallest absolute Gasteiger partial charge is 0.256 e. The first kappa shape index (κ1) is 20.2. The minimum Gasteiger partial charge on any atom is -0.369 e. The molecule has 1 aromatic rings. The van der Waals surface area contributed by atoms with Crippen molar-refractivity contribution in [2.24, 2.45) is 5.92 Å². The molecule has 0 fully saturated rings. The molecule has 0 aliphatic carbocycles. The number of rotatable bonds is 9. The summed E-state index contributed by atoms with van der Waals surface area (Å²) in [7, 11) is 0. The Hall–Kier alpha value is -1.87. The molecule has 1 atom stereocenters. The molecule has 0 aliphatic heterocycles. The summed E-state index contributed by atoms with van der Waals surface area (Å²) in [6.45, 7) is 4.00. The van der Waals surface area contributed by atoms with E-state index in [9.17, 15) is 13.6 Å². The Bertz CT molecular complexity index is 586. The van der Waals surface area contributed by atoms with Crippen LogP contribution in [0.2, 0.25) is 5.02 Å². The van der Waals surface area contributed by atoms with Gasteiger partial charge in [-0.1, -0.05) is 44.2 Å². The molecule has 2 N–H and O–H groups in total. The lowest BCUT2D eigenvalue weighted by Crippen LogP contribution is -2.39. The molecule has 1 heterocycles. The monoisotopic (exact) mass is 357 g/mol. The van der Waals surface area contributed by atoms with Crippen LogP contribution >= 0.6 is 11.6 Å². The third-order valence-electron chi connectivity index (χ3n) is 3.74. The zero-order chi connectivity index (χ0) is 18.1. The Balaban J connectivity index is 2.92. The highest BCUT2D eigenvalue weighted by Crippen LogP contribution is 2.19. The molecule has 4 nitrogen and oxygen atoms in total. The summed E-state index contributed by atoms with van der Waals surface area (Å²) in [5.74, 6) is 2.52. The van der Waals surface area contributed by atoms with E-state index in [1.54, 1.807) is 0 Å². The largest absolute Gasteiger partial charge is 0.369 e. The SMILES string of the molecule is C#CC(NC(=O)c1cc(Cl)cnc1NCCC(F)F)C(CC)CC. The van der Waals surface area contributed by atoms with Crippen LogP contribution in [-0.4, -0.2) is 29.9 Å². The van der Waals surface area contributed by atoms with Crippen molar-refractivity contribution in [1.29, 1.82) is 0 Å². The summed E-state index contributed by atoms with van der Waals surface area (Å²) in [5, 5.41) is 5.81. The fraction of sp³-hybridized carbons (Fsp3) is 0.529. The molecule has 0 aromatic carbocycles. The topological polar surface area (TPSA) is 54.0 Å². The first-order valence-corrected chi connectivity index (χ1v) is 8.25. The number of hydrogen-bond donors (Lipinski definition) is 2. The van der Waals surface area contributed by atoms with E-state index in [0.717, 1.165) is 12.8 Å². The zero-order valence-corrected chi connectivity index (χ0v) is 14.5. The minimum atomic E-state index is -2.43. The summed E-state index contributed by atoms with van der Waals surface area (Å²) in [6.07, 6.45) is 5.77. The van der Waals surface area contributed by atoms with Gasteiger partial charge in [0, 0.05) is 19.2 Å². The van der Waals surface area contributed by atoms with Gasteiger partial charge in [-0.25, -0.2) is 13.8 Å². The van der Waals surface area contributed by atoms with E-state index in [1.807, 2.05) is 13.8 Å². The third kappa shape index (κ3) is 5.97. The predicted octanol–water partition coefficient (Wildman–Crippen LogP) is 3.97. The molecule has 0 aliphatic rings. The molecule has 7 heteroatoms. The van der Waals surface area contributed by atoms with Crippen molar-refractivity contribution in [3.05, 3.63) is 22.8 Å². The summed E-state index contributed by atoms with van der Waals surface area (Å²) >= 11 is 5.90. The quantitative estimate of drug-likeness (QED) is 0.657. The molecule has 1 unspecified atom stereocenters. The van der Waals surface area contributed by atoms with Gasteiger partial charge in [-0.15, -0.1) is 6.42 Å². The number of hydrogen-bond acceptors (Lipinski definition) is 3. The summed E-state index contributed by atoms with van der Waals surface area (Å²) in [4.78, 5) is 16.5. The van der Waals surface area contributed by atoms with E-state index in [1.165, 1.54) is 12.3 Å². The summed E-state index contributed by atoms with van der Waals surface area (Å²) in [5.41, 5.74) is 0.183. The van der Waals surface area contributed by atoms with E-state index >= 15 is 0 Å². The lowest BCUT2D eigenvalue weighted by atomic mass is 9.94. The number of pyridine rings is 1. The van der Waals surface area contributed by atoms with Crippen LogP contribution in [0.25, 0.3) is 0 Å². The number of terminal acetylenes is 1. The van der Waals surface area contributed by atoms with Crippen LogP contribution < -0.4 is 10.6 Å². The van der Waals surface area contributed by atoms with E-state index in [2.05, 4.69) is 21.5 Å².